The number of H-pyrrole nitrogens is 1. The monoisotopic (exact) mass is 262 g/mol. The molecule has 0 saturated heterocycles. The Morgan fingerprint density at radius 2 is 2.06 bits per heavy atom. The first-order chi connectivity index (χ1) is 8.62. The number of nitrogens with one attached hydrogen (secondary N) is 2. The number of benzene rings is 1. The van der Waals surface area contributed by atoms with Crippen molar-refractivity contribution in [2.45, 2.75) is 11.3 Å². The minimum Gasteiger partial charge on any atom is -0.284 e. The second kappa shape index (κ2) is 4.89. The molecule has 0 aliphatic rings. The Labute approximate surface area is 104 Å². The summed E-state index contributed by atoms with van der Waals surface area (Å²) in [6.45, 7) is 0. The van der Waals surface area contributed by atoms with E-state index in [-0.39, 0.29) is 4.90 Å². The van der Waals surface area contributed by atoms with Gasteiger partial charge in [-0.2, -0.15) is 10.4 Å². The highest BCUT2D eigenvalue weighted by Crippen LogP contribution is 2.15. The van der Waals surface area contributed by atoms with Crippen LogP contribution in [0, 0.1) is 11.3 Å². The quantitative estimate of drug-likeness (QED) is 0.866. The Kier molecular flexibility index (Phi) is 3.30. The highest BCUT2D eigenvalue weighted by atomic mass is 32.2. The van der Waals surface area contributed by atoms with Gasteiger partial charge in [-0.1, -0.05) is 12.1 Å². The predicted octanol–water partition coefficient (Wildman–Crippen LogP) is 1.28. The van der Waals surface area contributed by atoms with Gasteiger partial charge in [-0.15, -0.1) is 0 Å². The van der Waals surface area contributed by atoms with Crippen LogP contribution in [-0.2, 0) is 16.4 Å². The summed E-state index contributed by atoms with van der Waals surface area (Å²) in [6, 6.07) is 8.66. The summed E-state index contributed by atoms with van der Waals surface area (Å²) < 4.78 is 26.1. The Morgan fingerprint density at radius 1 is 1.33 bits per heavy atom. The van der Waals surface area contributed by atoms with Gasteiger partial charge in [0.05, 0.1) is 18.7 Å². The molecule has 0 unspecified atom stereocenters. The van der Waals surface area contributed by atoms with Crippen LogP contribution in [0.2, 0.25) is 0 Å². The molecular formula is C11H10N4O2S. The zero-order valence-electron chi connectivity index (χ0n) is 9.29. The van der Waals surface area contributed by atoms with Crippen molar-refractivity contribution in [3.63, 3.8) is 0 Å². The van der Waals surface area contributed by atoms with E-state index < -0.39 is 10.0 Å². The van der Waals surface area contributed by atoms with E-state index in [4.69, 9.17) is 5.26 Å². The molecule has 6 nitrogen and oxygen atoms in total. The van der Waals surface area contributed by atoms with Crippen molar-refractivity contribution in [2.24, 2.45) is 0 Å². The molecule has 2 N–H and O–H groups in total. The third kappa shape index (κ3) is 2.67. The maximum Gasteiger partial charge on any atom is 0.265 e. The second-order valence-electron chi connectivity index (χ2n) is 3.57. The standard InChI is InChI=1S/C11H10N4O2S/c12-6-5-9-1-3-10(4-2-9)15-18(16,17)11-7-13-14-8-11/h1-4,7-8,15H,5H2,(H,13,14). The molecule has 0 aliphatic carbocycles. The van der Waals surface area contributed by atoms with Gasteiger partial charge in [0.1, 0.15) is 4.90 Å². The molecular weight excluding hydrogens is 252 g/mol. The number of aromatic nitrogens is 2. The lowest BCUT2D eigenvalue weighted by molar-refractivity contribution is 0.601. The molecule has 0 bridgehead atoms. The van der Waals surface area contributed by atoms with Crippen LogP contribution in [0.3, 0.4) is 0 Å². The lowest BCUT2D eigenvalue weighted by atomic mass is 10.1. The number of aromatic amines is 1. The highest BCUT2D eigenvalue weighted by molar-refractivity contribution is 7.92. The Bertz CT molecular complexity index is 654. The zero-order valence-corrected chi connectivity index (χ0v) is 10.1. The summed E-state index contributed by atoms with van der Waals surface area (Å²) in [6.07, 6.45) is 2.83. The number of nitrogens with zero attached hydrogens (tertiary/aromatic N) is 2. The number of rotatable bonds is 4. The van der Waals surface area contributed by atoms with Crippen molar-refractivity contribution in [1.29, 1.82) is 5.26 Å². The summed E-state index contributed by atoms with van der Waals surface area (Å²) in [4.78, 5) is 0.0728. The third-order valence-corrected chi connectivity index (χ3v) is 3.62. The van der Waals surface area contributed by atoms with Gasteiger partial charge in [-0.05, 0) is 17.7 Å². The van der Waals surface area contributed by atoms with Crippen molar-refractivity contribution in [3.05, 3.63) is 42.2 Å². The molecule has 7 heteroatoms. The molecule has 1 aromatic heterocycles. The summed E-state index contributed by atoms with van der Waals surface area (Å²) in [5.41, 5.74) is 1.28. The highest BCUT2D eigenvalue weighted by Gasteiger charge is 2.14. The zero-order chi connectivity index (χ0) is 13.0. The van der Waals surface area contributed by atoms with E-state index >= 15 is 0 Å². The van der Waals surface area contributed by atoms with Crippen LogP contribution >= 0.6 is 0 Å². The van der Waals surface area contributed by atoms with Crippen molar-refractivity contribution < 1.29 is 8.42 Å². The summed E-state index contributed by atoms with van der Waals surface area (Å²) in [5.74, 6) is 0. The SMILES string of the molecule is N#CCc1ccc(NS(=O)(=O)c2cn[nH]c2)cc1. The molecule has 92 valence electrons. The average Bonchev–Trinajstić information content (AvgIpc) is 2.86. The number of sulfonamides is 1. The van der Waals surface area contributed by atoms with E-state index in [1.54, 1.807) is 24.3 Å². The molecule has 0 fully saturated rings. The number of hydrogen-bond acceptors (Lipinski definition) is 4. The summed E-state index contributed by atoms with van der Waals surface area (Å²) in [5, 5.41) is 14.6. The van der Waals surface area contributed by atoms with Gasteiger partial charge in [-0.25, -0.2) is 8.42 Å². The normalized spacial score (nSPS) is 10.8. The molecule has 2 rings (SSSR count). The lowest BCUT2D eigenvalue weighted by Gasteiger charge is -2.06. The van der Waals surface area contributed by atoms with Crippen LogP contribution in [0.15, 0.2) is 41.6 Å². The van der Waals surface area contributed by atoms with Gasteiger partial charge in [0.15, 0.2) is 0 Å². The molecule has 0 atom stereocenters. The van der Waals surface area contributed by atoms with Gasteiger partial charge in [0, 0.05) is 11.9 Å². The molecule has 1 heterocycles. The van der Waals surface area contributed by atoms with E-state index in [0.29, 0.717) is 12.1 Å². The minimum atomic E-state index is -3.60. The van der Waals surface area contributed by atoms with E-state index in [2.05, 4.69) is 14.9 Å². The van der Waals surface area contributed by atoms with Crippen LogP contribution in [0.5, 0.6) is 0 Å². The fourth-order valence-corrected chi connectivity index (χ4v) is 2.35. The maximum atomic E-state index is 11.8. The Hall–Kier alpha value is -2.33. The van der Waals surface area contributed by atoms with Crippen LogP contribution in [0.25, 0.3) is 0 Å². The van der Waals surface area contributed by atoms with Crippen molar-refractivity contribution in [1.82, 2.24) is 10.2 Å². The largest absolute Gasteiger partial charge is 0.284 e. The van der Waals surface area contributed by atoms with Crippen molar-refractivity contribution in [2.75, 3.05) is 4.72 Å². The number of nitriles is 1. The first-order valence-electron chi connectivity index (χ1n) is 5.09. The topological polar surface area (TPSA) is 98.6 Å². The molecule has 0 amide bonds. The minimum absolute atomic E-state index is 0.0728. The van der Waals surface area contributed by atoms with Crippen molar-refractivity contribution in [3.8, 4) is 6.07 Å². The van der Waals surface area contributed by atoms with E-state index in [9.17, 15) is 8.42 Å². The lowest BCUT2D eigenvalue weighted by Crippen LogP contribution is -2.12. The smallest absolute Gasteiger partial charge is 0.265 e. The first kappa shape index (κ1) is 12.1. The number of anilines is 1. The summed E-state index contributed by atoms with van der Waals surface area (Å²) in [7, 11) is -3.60. The molecule has 0 saturated carbocycles. The van der Waals surface area contributed by atoms with Gasteiger partial charge >= 0.3 is 0 Å². The van der Waals surface area contributed by atoms with E-state index in [1.165, 1.54) is 12.4 Å². The third-order valence-electron chi connectivity index (χ3n) is 2.27. The summed E-state index contributed by atoms with van der Waals surface area (Å²) >= 11 is 0. The molecule has 1 aromatic carbocycles. The van der Waals surface area contributed by atoms with Crippen LogP contribution < -0.4 is 4.72 Å². The van der Waals surface area contributed by atoms with Gasteiger partial charge < -0.3 is 0 Å². The average molecular weight is 262 g/mol. The van der Waals surface area contributed by atoms with Gasteiger partial charge in [0.2, 0.25) is 0 Å². The molecule has 0 spiro atoms. The Balaban J connectivity index is 2.17. The van der Waals surface area contributed by atoms with Gasteiger partial charge in [-0.3, -0.25) is 9.82 Å². The maximum absolute atomic E-state index is 11.8. The molecule has 0 radical (unpaired) electrons. The molecule has 2 aromatic rings. The van der Waals surface area contributed by atoms with Crippen molar-refractivity contribution >= 4 is 15.7 Å². The fourth-order valence-electron chi connectivity index (χ4n) is 1.38. The van der Waals surface area contributed by atoms with Crippen LogP contribution in [-0.4, -0.2) is 18.6 Å². The fraction of sp³-hybridized carbons (Fsp3) is 0.0909. The predicted molar refractivity (Wildman–Crippen MR) is 65.2 cm³/mol. The number of hydrogen-bond donors (Lipinski definition) is 2. The van der Waals surface area contributed by atoms with Crippen LogP contribution in [0.4, 0.5) is 5.69 Å². The van der Waals surface area contributed by atoms with Crippen LogP contribution in [0.1, 0.15) is 5.56 Å². The molecule has 0 aliphatic heterocycles. The van der Waals surface area contributed by atoms with E-state index in [0.717, 1.165) is 5.56 Å². The first-order valence-corrected chi connectivity index (χ1v) is 6.57. The van der Waals surface area contributed by atoms with Gasteiger partial charge in [0.25, 0.3) is 10.0 Å². The molecule has 18 heavy (non-hydrogen) atoms. The second-order valence-corrected chi connectivity index (χ2v) is 5.25. The Morgan fingerprint density at radius 3 is 2.61 bits per heavy atom. The van der Waals surface area contributed by atoms with E-state index in [1.807, 2.05) is 6.07 Å².